The van der Waals surface area contributed by atoms with Crippen LogP contribution in [0.15, 0.2) is 72.8 Å². The van der Waals surface area contributed by atoms with Crippen molar-refractivity contribution < 1.29 is 47.5 Å². The largest absolute Gasteiger partial charge is 0.494 e. The van der Waals surface area contributed by atoms with E-state index < -0.39 is 17.4 Å². The Morgan fingerprint density at radius 3 is 1.46 bits per heavy atom. The molecule has 0 saturated carbocycles. The number of ether oxygens (including phenoxy) is 7. The van der Waals surface area contributed by atoms with Crippen LogP contribution in [0.3, 0.4) is 0 Å². The summed E-state index contributed by atoms with van der Waals surface area (Å²) >= 11 is 0. The molecule has 1 saturated heterocycles. The van der Waals surface area contributed by atoms with Crippen LogP contribution in [-0.2, 0) is 19.0 Å². The van der Waals surface area contributed by atoms with Crippen molar-refractivity contribution in [3.05, 3.63) is 83.9 Å². The lowest BCUT2D eigenvalue weighted by Crippen LogP contribution is -2.43. The second-order valence-corrected chi connectivity index (χ2v) is 13.2. The smallest absolute Gasteiger partial charge is 0.343 e. The van der Waals surface area contributed by atoms with E-state index in [-0.39, 0.29) is 11.4 Å². The predicted molar refractivity (Wildman–Crippen MR) is 179 cm³/mol. The van der Waals surface area contributed by atoms with Crippen LogP contribution in [0.4, 0.5) is 0 Å². The van der Waals surface area contributed by atoms with Crippen molar-refractivity contribution in [1.82, 2.24) is 0 Å². The average molecular weight is 663 g/mol. The van der Waals surface area contributed by atoms with E-state index in [9.17, 15) is 14.4 Å². The number of carbonyl (C=O) groups excluding carboxylic acids is 3. The summed E-state index contributed by atoms with van der Waals surface area (Å²) in [6.07, 6.45) is 3.19. The second kappa shape index (κ2) is 17.7. The van der Waals surface area contributed by atoms with Crippen molar-refractivity contribution in [3.8, 4) is 23.0 Å². The van der Waals surface area contributed by atoms with Gasteiger partial charge in [-0.3, -0.25) is 4.79 Å². The molecule has 0 aromatic heterocycles. The molecule has 3 aromatic carbocycles. The molecular formula is C38H46O10. The van der Waals surface area contributed by atoms with Gasteiger partial charge >= 0.3 is 17.9 Å². The highest BCUT2D eigenvalue weighted by Gasteiger charge is 2.33. The molecule has 0 aliphatic carbocycles. The fourth-order valence-electron chi connectivity index (χ4n) is 4.41. The van der Waals surface area contributed by atoms with Gasteiger partial charge in [-0.15, -0.1) is 0 Å². The molecule has 0 spiro atoms. The molecular weight excluding hydrogens is 616 g/mol. The number of esters is 3. The molecule has 1 heterocycles. The van der Waals surface area contributed by atoms with Gasteiger partial charge in [-0.25, -0.2) is 9.59 Å². The first kappa shape index (κ1) is 36.4. The maximum atomic E-state index is 12.6. The summed E-state index contributed by atoms with van der Waals surface area (Å²) in [6.45, 7) is 11.9. The van der Waals surface area contributed by atoms with E-state index in [0.29, 0.717) is 67.0 Å². The topological polar surface area (TPSA) is 116 Å². The van der Waals surface area contributed by atoms with Gasteiger partial charge < -0.3 is 33.2 Å². The highest BCUT2D eigenvalue weighted by atomic mass is 16.5. The van der Waals surface area contributed by atoms with Crippen LogP contribution in [0.5, 0.6) is 23.0 Å². The average Bonchev–Trinajstić information content (AvgIpc) is 3.06. The minimum atomic E-state index is -0.531. The molecule has 1 fully saturated rings. The molecule has 48 heavy (non-hydrogen) atoms. The van der Waals surface area contributed by atoms with Crippen LogP contribution in [0.2, 0.25) is 0 Å². The maximum absolute atomic E-state index is 12.6. The van der Waals surface area contributed by atoms with E-state index in [0.717, 1.165) is 39.1 Å². The normalized spacial score (nSPS) is 13.6. The first-order chi connectivity index (χ1) is 23.0. The monoisotopic (exact) mass is 662 g/mol. The van der Waals surface area contributed by atoms with Crippen LogP contribution < -0.4 is 18.9 Å². The fourth-order valence-corrected chi connectivity index (χ4v) is 4.41. The maximum Gasteiger partial charge on any atom is 0.343 e. The molecule has 10 nitrogen and oxygen atoms in total. The van der Waals surface area contributed by atoms with Crippen LogP contribution in [-0.4, -0.2) is 64.2 Å². The number of benzene rings is 3. The van der Waals surface area contributed by atoms with Crippen molar-refractivity contribution in [2.24, 2.45) is 10.8 Å². The molecule has 0 radical (unpaired) electrons. The van der Waals surface area contributed by atoms with Gasteiger partial charge in [0.1, 0.15) is 23.0 Å². The van der Waals surface area contributed by atoms with Gasteiger partial charge in [0.2, 0.25) is 0 Å². The summed E-state index contributed by atoms with van der Waals surface area (Å²) in [5, 5.41) is 0. The molecule has 0 amide bonds. The van der Waals surface area contributed by atoms with Crippen LogP contribution in [0.25, 0.3) is 0 Å². The number of carbonyl (C=O) groups is 3. The second-order valence-electron chi connectivity index (χ2n) is 13.2. The molecule has 258 valence electrons. The highest BCUT2D eigenvalue weighted by molar-refractivity contribution is 5.92. The molecule has 0 N–H and O–H groups in total. The third kappa shape index (κ3) is 12.0. The van der Waals surface area contributed by atoms with Gasteiger partial charge in [-0.05, 0) is 119 Å². The van der Waals surface area contributed by atoms with Gasteiger partial charge in [0.05, 0.1) is 56.2 Å². The first-order valence-corrected chi connectivity index (χ1v) is 16.3. The number of hydrogen-bond acceptors (Lipinski definition) is 10. The molecule has 3 aromatic rings. The van der Waals surface area contributed by atoms with Crippen LogP contribution in [0.1, 0.15) is 74.1 Å². The fraction of sp³-hybridized carbons (Fsp3) is 0.447. The number of unbranched alkanes of at least 4 members (excludes halogenated alkanes) is 2. The highest BCUT2D eigenvalue weighted by Crippen LogP contribution is 2.26. The molecule has 0 unspecified atom stereocenters. The summed E-state index contributed by atoms with van der Waals surface area (Å²) in [7, 11) is 0. The SMILES string of the molecule is CC1(COCCCCOc2ccc(C(=O)Oc3ccc(OC(=O)c4ccc(OCCCCOC(=O)C(C)(C)C)cc4)cc3)cc2)COC1. The van der Waals surface area contributed by atoms with E-state index in [1.807, 2.05) is 20.8 Å². The van der Waals surface area contributed by atoms with Gasteiger partial charge in [-0.2, -0.15) is 0 Å². The Hall–Kier alpha value is -4.41. The molecule has 4 rings (SSSR count). The van der Waals surface area contributed by atoms with Crippen molar-refractivity contribution in [2.45, 2.75) is 53.4 Å². The summed E-state index contributed by atoms with van der Waals surface area (Å²) in [6, 6.07) is 19.7. The minimum absolute atomic E-state index is 0.166. The molecule has 0 atom stereocenters. The van der Waals surface area contributed by atoms with E-state index in [2.05, 4.69) is 6.92 Å². The Morgan fingerprint density at radius 2 is 1.04 bits per heavy atom. The minimum Gasteiger partial charge on any atom is -0.494 e. The number of rotatable bonds is 18. The lowest BCUT2D eigenvalue weighted by atomic mass is 9.90. The summed E-state index contributed by atoms with van der Waals surface area (Å²) < 4.78 is 38.6. The Morgan fingerprint density at radius 1 is 0.625 bits per heavy atom. The molecule has 10 heteroatoms. The van der Waals surface area contributed by atoms with Gasteiger partial charge in [0.15, 0.2) is 0 Å². The van der Waals surface area contributed by atoms with Crippen LogP contribution >= 0.6 is 0 Å². The van der Waals surface area contributed by atoms with Crippen molar-refractivity contribution in [1.29, 1.82) is 0 Å². The molecule has 1 aliphatic rings. The lowest BCUT2D eigenvalue weighted by molar-refractivity contribution is -0.153. The predicted octanol–water partition coefficient (Wildman–Crippen LogP) is 7.09. The van der Waals surface area contributed by atoms with Gasteiger partial charge in [0.25, 0.3) is 0 Å². The lowest BCUT2D eigenvalue weighted by Gasteiger charge is -2.37. The zero-order valence-corrected chi connectivity index (χ0v) is 28.3. The quantitative estimate of drug-likeness (QED) is 0.0795. The first-order valence-electron chi connectivity index (χ1n) is 16.3. The zero-order chi connectivity index (χ0) is 34.4. The standard InChI is InChI=1S/C38H46O10/c1-37(2,3)36(41)46-24-8-7-23-45-31-15-11-29(12-16-31)35(40)48-33-19-17-32(18-20-33)47-34(39)28-9-13-30(14-10-28)44-22-6-5-21-42-25-38(4)26-43-27-38/h9-20H,5-8,21-27H2,1-4H3. The van der Waals surface area contributed by atoms with E-state index >= 15 is 0 Å². The van der Waals surface area contributed by atoms with E-state index in [1.165, 1.54) is 0 Å². The Kier molecular flexibility index (Phi) is 13.4. The van der Waals surface area contributed by atoms with Crippen molar-refractivity contribution in [3.63, 3.8) is 0 Å². The molecule has 1 aliphatic heterocycles. The van der Waals surface area contributed by atoms with E-state index in [4.69, 9.17) is 33.2 Å². The summed E-state index contributed by atoms with van der Waals surface area (Å²) in [5.41, 5.74) is 0.398. The summed E-state index contributed by atoms with van der Waals surface area (Å²) in [4.78, 5) is 37.0. The van der Waals surface area contributed by atoms with E-state index in [1.54, 1.807) is 72.8 Å². The number of hydrogen-bond donors (Lipinski definition) is 0. The molecule has 0 bridgehead atoms. The third-order valence-corrected chi connectivity index (χ3v) is 7.38. The van der Waals surface area contributed by atoms with Crippen molar-refractivity contribution >= 4 is 17.9 Å². The van der Waals surface area contributed by atoms with Crippen molar-refractivity contribution in [2.75, 3.05) is 46.2 Å². The van der Waals surface area contributed by atoms with Gasteiger partial charge in [-0.1, -0.05) is 6.92 Å². The Bertz CT molecular complexity index is 1450. The van der Waals surface area contributed by atoms with Crippen LogP contribution in [0, 0.1) is 10.8 Å². The summed E-state index contributed by atoms with van der Waals surface area (Å²) in [5.74, 6) is 0.651. The third-order valence-electron chi connectivity index (χ3n) is 7.38. The Balaban J connectivity index is 1.11. The van der Waals surface area contributed by atoms with Gasteiger partial charge in [0, 0.05) is 12.0 Å². The zero-order valence-electron chi connectivity index (χ0n) is 28.3. The Labute approximate surface area is 282 Å².